The first-order chi connectivity index (χ1) is 9.11. The molecular formula is C12H15N5O2. The number of aryl methyl sites for hydroxylation is 1. The third kappa shape index (κ3) is 2.94. The van der Waals surface area contributed by atoms with Crippen molar-refractivity contribution in [3.8, 4) is 5.69 Å². The number of hydrogen-bond acceptors (Lipinski definition) is 5. The van der Waals surface area contributed by atoms with Crippen molar-refractivity contribution in [3.63, 3.8) is 0 Å². The van der Waals surface area contributed by atoms with Crippen LogP contribution >= 0.6 is 0 Å². The second-order valence-corrected chi connectivity index (χ2v) is 4.18. The molecule has 0 atom stereocenters. The molecule has 1 N–H and O–H groups in total. The van der Waals surface area contributed by atoms with E-state index < -0.39 is 4.92 Å². The summed E-state index contributed by atoms with van der Waals surface area (Å²) < 4.78 is 1.43. The van der Waals surface area contributed by atoms with Crippen LogP contribution in [0.2, 0.25) is 0 Å². The lowest BCUT2D eigenvalue weighted by Crippen LogP contribution is -2.11. The van der Waals surface area contributed by atoms with E-state index in [4.69, 9.17) is 0 Å². The predicted octanol–water partition coefficient (Wildman–Crippen LogP) is 1.59. The van der Waals surface area contributed by atoms with Crippen molar-refractivity contribution in [2.24, 2.45) is 0 Å². The molecule has 1 aromatic carbocycles. The Morgan fingerprint density at radius 2 is 2.26 bits per heavy atom. The first kappa shape index (κ1) is 13.2. The van der Waals surface area contributed by atoms with Crippen molar-refractivity contribution in [3.05, 3.63) is 45.8 Å². The summed E-state index contributed by atoms with van der Waals surface area (Å²) in [5, 5.41) is 22.1. The number of benzene rings is 1. The van der Waals surface area contributed by atoms with E-state index >= 15 is 0 Å². The van der Waals surface area contributed by atoms with E-state index in [1.807, 2.05) is 19.9 Å². The lowest BCUT2D eigenvalue weighted by atomic mass is 10.2. The molecule has 100 valence electrons. The smallest absolute Gasteiger partial charge is 0.295 e. The van der Waals surface area contributed by atoms with Crippen LogP contribution in [-0.4, -0.2) is 26.5 Å². The Morgan fingerprint density at radius 3 is 2.95 bits per heavy atom. The summed E-state index contributed by atoms with van der Waals surface area (Å²) in [6.45, 7) is 5.23. The van der Waals surface area contributed by atoms with Crippen LogP contribution in [0.5, 0.6) is 0 Å². The van der Waals surface area contributed by atoms with Crippen molar-refractivity contribution >= 4 is 5.69 Å². The number of aromatic nitrogens is 3. The van der Waals surface area contributed by atoms with Crippen LogP contribution in [0.25, 0.3) is 5.69 Å². The van der Waals surface area contributed by atoms with Gasteiger partial charge < -0.3 is 5.32 Å². The fraction of sp³-hybridized carbons (Fsp3) is 0.333. The monoisotopic (exact) mass is 261 g/mol. The Morgan fingerprint density at radius 1 is 1.47 bits per heavy atom. The Bertz CT molecular complexity index is 594. The van der Waals surface area contributed by atoms with E-state index in [-0.39, 0.29) is 5.69 Å². The van der Waals surface area contributed by atoms with Gasteiger partial charge in [-0.2, -0.15) is 0 Å². The van der Waals surface area contributed by atoms with Gasteiger partial charge in [-0.3, -0.25) is 10.1 Å². The average Bonchev–Trinajstić information content (AvgIpc) is 2.84. The Hall–Kier alpha value is -2.28. The van der Waals surface area contributed by atoms with E-state index in [2.05, 4.69) is 15.6 Å². The van der Waals surface area contributed by atoms with Gasteiger partial charge in [0.2, 0.25) is 0 Å². The van der Waals surface area contributed by atoms with Gasteiger partial charge in [0.25, 0.3) is 5.69 Å². The summed E-state index contributed by atoms with van der Waals surface area (Å²) >= 11 is 0. The quantitative estimate of drug-likeness (QED) is 0.652. The highest BCUT2D eigenvalue weighted by molar-refractivity contribution is 5.53. The summed E-state index contributed by atoms with van der Waals surface area (Å²) in [5.41, 5.74) is 2.03. The van der Waals surface area contributed by atoms with E-state index in [1.54, 1.807) is 12.3 Å². The molecule has 0 spiro atoms. The van der Waals surface area contributed by atoms with Gasteiger partial charge in [0.15, 0.2) is 0 Å². The largest absolute Gasteiger partial charge is 0.311 e. The SMILES string of the molecule is CCNCc1cn(-c2ccc(C)cc2[N+](=O)[O-])nn1. The molecule has 7 nitrogen and oxygen atoms in total. The van der Waals surface area contributed by atoms with Gasteiger partial charge in [0.1, 0.15) is 5.69 Å². The van der Waals surface area contributed by atoms with E-state index in [1.165, 1.54) is 10.7 Å². The third-order valence-corrected chi connectivity index (χ3v) is 2.67. The Balaban J connectivity index is 2.36. The minimum absolute atomic E-state index is 0.0277. The zero-order valence-electron chi connectivity index (χ0n) is 10.8. The molecule has 0 radical (unpaired) electrons. The summed E-state index contributed by atoms with van der Waals surface area (Å²) in [5.74, 6) is 0. The van der Waals surface area contributed by atoms with Gasteiger partial charge in [0.05, 0.1) is 16.8 Å². The number of rotatable bonds is 5. The van der Waals surface area contributed by atoms with E-state index in [9.17, 15) is 10.1 Å². The van der Waals surface area contributed by atoms with Gasteiger partial charge in [-0.1, -0.05) is 18.2 Å². The molecule has 1 aromatic heterocycles. The minimum Gasteiger partial charge on any atom is -0.311 e. The van der Waals surface area contributed by atoms with Crippen LogP contribution in [0, 0.1) is 17.0 Å². The third-order valence-electron chi connectivity index (χ3n) is 2.67. The Labute approximate surface area is 110 Å². The first-order valence-corrected chi connectivity index (χ1v) is 5.99. The van der Waals surface area contributed by atoms with Crippen LogP contribution in [-0.2, 0) is 6.54 Å². The summed E-state index contributed by atoms with van der Waals surface area (Å²) in [4.78, 5) is 10.6. The van der Waals surface area contributed by atoms with Crippen LogP contribution < -0.4 is 5.32 Å². The molecule has 0 unspecified atom stereocenters. The van der Waals surface area contributed by atoms with Crippen LogP contribution in [0.4, 0.5) is 5.69 Å². The van der Waals surface area contributed by atoms with Gasteiger partial charge >= 0.3 is 0 Å². The van der Waals surface area contributed by atoms with E-state index in [0.29, 0.717) is 12.2 Å². The number of nitrogens with one attached hydrogen (secondary N) is 1. The topological polar surface area (TPSA) is 85.9 Å². The van der Waals surface area contributed by atoms with Crippen LogP contribution in [0.15, 0.2) is 24.4 Å². The molecule has 19 heavy (non-hydrogen) atoms. The molecule has 7 heteroatoms. The normalized spacial score (nSPS) is 10.6. The molecule has 0 aliphatic heterocycles. The zero-order valence-corrected chi connectivity index (χ0v) is 10.8. The van der Waals surface area contributed by atoms with Gasteiger partial charge in [-0.25, -0.2) is 4.68 Å². The lowest BCUT2D eigenvalue weighted by Gasteiger charge is -2.02. The summed E-state index contributed by atoms with van der Waals surface area (Å²) in [6.07, 6.45) is 1.69. The molecular weight excluding hydrogens is 246 g/mol. The maximum absolute atomic E-state index is 11.1. The van der Waals surface area contributed by atoms with Crippen molar-refractivity contribution in [2.75, 3.05) is 6.54 Å². The number of nitro groups is 1. The second kappa shape index (κ2) is 5.57. The maximum Gasteiger partial charge on any atom is 0.295 e. The standard InChI is InChI=1S/C12H15N5O2/c1-3-13-7-10-8-16(15-14-10)11-5-4-9(2)6-12(11)17(18)19/h4-6,8,13H,3,7H2,1-2H3. The van der Waals surface area contributed by atoms with Crippen molar-refractivity contribution in [1.29, 1.82) is 0 Å². The molecule has 0 aliphatic rings. The summed E-state index contributed by atoms with van der Waals surface area (Å²) in [7, 11) is 0. The summed E-state index contributed by atoms with van der Waals surface area (Å²) in [6, 6.07) is 5.02. The zero-order chi connectivity index (χ0) is 13.8. The number of nitro benzene ring substituents is 1. The predicted molar refractivity (Wildman–Crippen MR) is 70.1 cm³/mol. The fourth-order valence-corrected chi connectivity index (χ4v) is 1.72. The van der Waals surface area contributed by atoms with Crippen LogP contribution in [0.3, 0.4) is 0 Å². The van der Waals surface area contributed by atoms with Gasteiger partial charge in [-0.05, 0) is 25.1 Å². The van der Waals surface area contributed by atoms with Crippen molar-refractivity contribution in [1.82, 2.24) is 20.3 Å². The lowest BCUT2D eigenvalue weighted by molar-refractivity contribution is -0.384. The molecule has 0 saturated carbocycles. The van der Waals surface area contributed by atoms with E-state index in [0.717, 1.165) is 17.8 Å². The maximum atomic E-state index is 11.1. The fourth-order valence-electron chi connectivity index (χ4n) is 1.72. The highest BCUT2D eigenvalue weighted by Crippen LogP contribution is 2.23. The van der Waals surface area contributed by atoms with Gasteiger partial charge in [-0.15, -0.1) is 5.10 Å². The van der Waals surface area contributed by atoms with Crippen molar-refractivity contribution in [2.45, 2.75) is 20.4 Å². The minimum atomic E-state index is -0.409. The van der Waals surface area contributed by atoms with Gasteiger partial charge in [0, 0.05) is 12.6 Å². The highest BCUT2D eigenvalue weighted by atomic mass is 16.6. The molecule has 1 heterocycles. The first-order valence-electron chi connectivity index (χ1n) is 5.99. The van der Waals surface area contributed by atoms with Crippen LogP contribution in [0.1, 0.15) is 18.2 Å². The van der Waals surface area contributed by atoms with Crippen molar-refractivity contribution < 1.29 is 4.92 Å². The highest BCUT2D eigenvalue weighted by Gasteiger charge is 2.16. The molecule has 0 amide bonds. The molecule has 2 aromatic rings. The average molecular weight is 261 g/mol. The number of nitrogens with zero attached hydrogens (tertiary/aromatic N) is 4. The Kier molecular flexibility index (Phi) is 3.86. The molecule has 0 fully saturated rings. The molecule has 2 rings (SSSR count). The molecule has 0 saturated heterocycles. The molecule has 0 aliphatic carbocycles. The second-order valence-electron chi connectivity index (χ2n) is 4.18. The number of hydrogen-bond donors (Lipinski definition) is 1. The molecule has 0 bridgehead atoms.